The predicted octanol–water partition coefficient (Wildman–Crippen LogP) is 1.31. The summed E-state index contributed by atoms with van der Waals surface area (Å²) in [5.74, 6) is 1.02. The zero-order valence-electron chi connectivity index (χ0n) is 7.86. The van der Waals surface area contributed by atoms with E-state index in [-0.39, 0.29) is 5.76 Å². The Bertz CT molecular complexity index is 328. The SMILES string of the molecule is NCc1ccc(C(=O)OCC2CC2)o1. The summed E-state index contributed by atoms with van der Waals surface area (Å²) in [5.41, 5.74) is 5.35. The van der Waals surface area contributed by atoms with E-state index in [4.69, 9.17) is 14.9 Å². The second kappa shape index (κ2) is 3.84. The van der Waals surface area contributed by atoms with E-state index in [1.54, 1.807) is 12.1 Å². The van der Waals surface area contributed by atoms with Crippen molar-refractivity contribution in [2.75, 3.05) is 6.61 Å². The Labute approximate surface area is 82.0 Å². The van der Waals surface area contributed by atoms with Crippen LogP contribution in [0.15, 0.2) is 16.5 Å². The fraction of sp³-hybridized carbons (Fsp3) is 0.500. The Balaban J connectivity index is 1.88. The van der Waals surface area contributed by atoms with Crippen molar-refractivity contribution in [1.29, 1.82) is 0 Å². The van der Waals surface area contributed by atoms with Crippen molar-refractivity contribution in [3.8, 4) is 0 Å². The van der Waals surface area contributed by atoms with E-state index in [1.807, 2.05) is 0 Å². The van der Waals surface area contributed by atoms with Crippen LogP contribution in [0.4, 0.5) is 0 Å². The molecular weight excluding hydrogens is 182 g/mol. The lowest BCUT2D eigenvalue weighted by Crippen LogP contribution is -2.06. The van der Waals surface area contributed by atoms with Gasteiger partial charge in [0, 0.05) is 0 Å². The van der Waals surface area contributed by atoms with Crippen LogP contribution in [0.5, 0.6) is 0 Å². The van der Waals surface area contributed by atoms with Crippen LogP contribution in [0.1, 0.15) is 29.2 Å². The third-order valence-corrected chi connectivity index (χ3v) is 2.21. The van der Waals surface area contributed by atoms with Crippen LogP contribution in [0.2, 0.25) is 0 Å². The van der Waals surface area contributed by atoms with Gasteiger partial charge in [0.1, 0.15) is 5.76 Å². The van der Waals surface area contributed by atoms with Crippen LogP contribution in [-0.4, -0.2) is 12.6 Å². The molecule has 1 saturated carbocycles. The first-order valence-electron chi connectivity index (χ1n) is 4.75. The maximum atomic E-state index is 11.3. The second-order valence-corrected chi connectivity index (χ2v) is 3.51. The number of carbonyl (C=O) groups excluding carboxylic acids is 1. The van der Waals surface area contributed by atoms with Gasteiger partial charge in [-0.05, 0) is 30.9 Å². The van der Waals surface area contributed by atoms with Gasteiger partial charge in [0.2, 0.25) is 5.76 Å². The van der Waals surface area contributed by atoms with Gasteiger partial charge < -0.3 is 14.9 Å². The van der Waals surface area contributed by atoms with Gasteiger partial charge in [-0.25, -0.2) is 4.79 Å². The lowest BCUT2D eigenvalue weighted by Gasteiger charge is -1.99. The summed E-state index contributed by atoms with van der Waals surface area (Å²) in [4.78, 5) is 11.3. The quantitative estimate of drug-likeness (QED) is 0.735. The standard InChI is InChI=1S/C10H13NO3/c11-5-8-3-4-9(14-8)10(12)13-6-7-1-2-7/h3-4,7H,1-2,5-6,11H2. The van der Waals surface area contributed by atoms with Gasteiger partial charge in [0.25, 0.3) is 0 Å². The maximum Gasteiger partial charge on any atom is 0.374 e. The summed E-state index contributed by atoms with van der Waals surface area (Å²) < 4.78 is 10.2. The second-order valence-electron chi connectivity index (χ2n) is 3.51. The highest BCUT2D eigenvalue weighted by Gasteiger charge is 2.24. The van der Waals surface area contributed by atoms with Gasteiger partial charge in [0.15, 0.2) is 0 Å². The van der Waals surface area contributed by atoms with Crippen LogP contribution < -0.4 is 5.73 Å². The Kier molecular flexibility index (Phi) is 2.54. The molecule has 2 rings (SSSR count). The van der Waals surface area contributed by atoms with Crippen LogP contribution >= 0.6 is 0 Å². The van der Waals surface area contributed by atoms with Crippen molar-refractivity contribution in [2.45, 2.75) is 19.4 Å². The number of ether oxygens (including phenoxy) is 1. The number of hydrogen-bond acceptors (Lipinski definition) is 4. The first kappa shape index (κ1) is 9.27. The van der Waals surface area contributed by atoms with E-state index in [0.717, 1.165) is 0 Å². The fourth-order valence-electron chi connectivity index (χ4n) is 1.15. The lowest BCUT2D eigenvalue weighted by molar-refractivity contribution is 0.0448. The number of furan rings is 1. The fourth-order valence-corrected chi connectivity index (χ4v) is 1.15. The Morgan fingerprint density at radius 1 is 1.57 bits per heavy atom. The number of carbonyl (C=O) groups is 1. The zero-order chi connectivity index (χ0) is 9.97. The van der Waals surface area contributed by atoms with Gasteiger partial charge in [-0.15, -0.1) is 0 Å². The van der Waals surface area contributed by atoms with E-state index in [9.17, 15) is 4.79 Å². The summed E-state index contributed by atoms with van der Waals surface area (Å²) in [6.07, 6.45) is 2.33. The molecule has 14 heavy (non-hydrogen) atoms. The third kappa shape index (κ3) is 2.14. The maximum absolute atomic E-state index is 11.3. The van der Waals surface area contributed by atoms with Crippen molar-refractivity contribution in [3.63, 3.8) is 0 Å². The molecule has 0 atom stereocenters. The third-order valence-electron chi connectivity index (χ3n) is 2.21. The molecule has 2 N–H and O–H groups in total. The van der Waals surface area contributed by atoms with Crippen LogP contribution in [-0.2, 0) is 11.3 Å². The first-order valence-corrected chi connectivity index (χ1v) is 4.75. The molecule has 1 heterocycles. The lowest BCUT2D eigenvalue weighted by atomic mass is 10.4. The topological polar surface area (TPSA) is 65.5 Å². The van der Waals surface area contributed by atoms with E-state index >= 15 is 0 Å². The molecule has 0 spiro atoms. The molecule has 0 amide bonds. The molecule has 1 aromatic rings. The molecule has 0 aromatic carbocycles. The van der Waals surface area contributed by atoms with Gasteiger partial charge in [-0.3, -0.25) is 0 Å². The van der Waals surface area contributed by atoms with E-state index in [2.05, 4.69) is 0 Å². The van der Waals surface area contributed by atoms with Gasteiger partial charge in [-0.2, -0.15) is 0 Å². The largest absolute Gasteiger partial charge is 0.460 e. The van der Waals surface area contributed by atoms with E-state index in [1.165, 1.54) is 12.8 Å². The highest BCUT2D eigenvalue weighted by atomic mass is 16.5. The molecule has 0 saturated heterocycles. The van der Waals surface area contributed by atoms with Crippen molar-refractivity contribution >= 4 is 5.97 Å². The van der Waals surface area contributed by atoms with Crippen molar-refractivity contribution < 1.29 is 13.9 Å². The Hall–Kier alpha value is -1.29. The Morgan fingerprint density at radius 2 is 2.36 bits per heavy atom. The average Bonchev–Trinajstić information content (AvgIpc) is 2.90. The number of nitrogens with two attached hydrogens (primary N) is 1. The van der Waals surface area contributed by atoms with Crippen LogP contribution in [0.3, 0.4) is 0 Å². The number of rotatable bonds is 4. The zero-order valence-corrected chi connectivity index (χ0v) is 7.86. The number of esters is 1. The van der Waals surface area contributed by atoms with Gasteiger partial charge >= 0.3 is 5.97 Å². The summed E-state index contributed by atoms with van der Waals surface area (Å²) in [6, 6.07) is 3.28. The van der Waals surface area contributed by atoms with Crippen LogP contribution in [0.25, 0.3) is 0 Å². The van der Waals surface area contributed by atoms with Crippen LogP contribution in [0, 0.1) is 5.92 Å². The van der Waals surface area contributed by atoms with Crippen molar-refractivity contribution in [1.82, 2.24) is 0 Å². The molecule has 0 aliphatic heterocycles. The molecule has 0 radical (unpaired) electrons. The molecule has 1 aliphatic carbocycles. The summed E-state index contributed by atoms with van der Waals surface area (Å²) in [5, 5.41) is 0. The monoisotopic (exact) mass is 195 g/mol. The molecular formula is C10H13NO3. The molecule has 0 unspecified atom stereocenters. The normalized spacial score (nSPS) is 15.5. The van der Waals surface area contributed by atoms with Crippen molar-refractivity contribution in [3.05, 3.63) is 23.7 Å². The summed E-state index contributed by atoms with van der Waals surface area (Å²) >= 11 is 0. The molecule has 1 aliphatic rings. The average molecular weight is 195 g/mol. The first-order chi connectivity index (χ1) is 6.79. The van der Waals surface area contributed by atoms with Gasteiger partial charge in [-0.1, -0.05) is 0 Å². The molecule has 76 valence electrons. The number of hydrogen-bond donors (Lipinski definition) is 1. The molecule has 4 heteroatoms. The smallest absolute Gasteiger partial charge is 0.374 e. The predicted molar refractivity (Wildman–Crippen MR) is 49.6 cm³/mol. The van der Waals surface area contributed by atoms with E-state index in [0.29, 0.717) is 24.8 Å². The minimum atomic E-state index is -0.392. The minimum absolute atomic E-state index is 0.242. The molecule has 1 fully saturated rings. The molecule has 1 aromatic heterocycles. The molecule has 4 nitrogen and oxygen atoms in total. The van der Waals surface area contributed by atoms with Gasteiger partial charge in [0.05, 0.1) is 13.2 Å². The molecule has 0 bridgehead atoms. The summed E-state index contributed by atoms with van der Waals surface area (Å²) in [6.45, 7) is 0.813. The highest BCUT2D eigenvalue weighted by Crippen LogP contribution is 2.29. The van der Waals surface area contributed by atoms with E-state index < -0.39 is 5.97 Å². The van der Waals surface area contributed by atoms with Crippen molar-refractivity contribution in [2.24, 2.45) is 11.7 Å². The Morgan fingerprint density at radius 3 is 2.93 bits per heavy atom. The minimum Gasteiger partial charge on any atom is -0.460 e. The summed E-state index contributed by atoms with van der Waals surface area (Å²) in [7, 11) is 0. The highest BCUT2D eigenvalue weighted by molar-refractivity contribution is 5.86.